The van der Waals surface area contributed by atoms with Crippen LogP contribution in [-0.2, 0) is 0 Å². The molecule has 0 amide bonds. The third kappa shape index (κ3) is 1.70. The minimum absolute atomic E-state index is 0.236. The highest BCUT2D eigenvalue weighted by Gasteiger charge is 2.09. The van der Waals surface area contributed by atoms with Gasteiger partial charge in [0.25, 0.3) is 0 Å². The van der Waals surface area contributed by atoms with Crippen LogP contribution >= 0.6 is 0 Å². The summed E-state index contributed by atoms with van der Waals surface area (Å²) in [7, 11) is 3.08. The Kier molecular flexibility index (Phi) is 2.70. The van der Waals surface area contributed by atoms with E-state index in [0.717, 1.165) is 6.07 Å². The van der Waals surface area contributed by atoms with E-state index in [-0.39, 0.29) is 5.56 Å². The number of anilines is 1. The summed E-state index contributed by atoms with van der Waals surface area (Å²) in [5.74, 6) is -0.147. The predicted molar refractivity (Wildman–Crippen MR) is 47.2 cm³/mol. The van der Waals surface area contributed by atoms with Crippen LogP contribution in [0.3, 0.4) is 0 Å². The molecule has 13 heavy (non-hydrogen) atoms. The molecular weight excluding hydrogens is 171 g/mol. The molecule has 0 saturated heterocycles. The molecule has 4 heteroatoms. The molecule has 0 aliphatic carbocycles. The van der Waals surface area contributed by atoms with Crippen LogP contribution in [0.15, 0.2) is 12.1 Å². The van der Waals surface area contributed by atoms with Crippen molar-refractivity contribution in [2.24, 2.45) is 0 Å². The van der Waals surface area contributed by atoms with Gasteiger partial charge in [-0.1, -0.05) is 0 Å². The molecule has 0 saturated carbocycles. The summed E-state index contributed by atoms with van der Waals surface area (Å²) < 4.78 is 17.8. The number of benzene rings is 1. The van der Waals surface area contributed by atoms with Gasteiger partial charge in [0.1, 0.15) is 17.6 Å². The maximum Gasteiger partial charge on any atom is 0.146 e. The topological polar surface area (TPSA) is 45.0 Å². The van der Waals surface area contributed by atoms with Gasteiger partial charge >= 0.3 is 0 Å². The zero-order valence-corrected chi connectivity index (χ0v) is 7.39. The fourth-order valence-electron chi connectivity index (χ4n) is 1.09. The maximum atomic E-state index is 12.9. The molecule has 0 aromatic heterocycles. The first kappa shape index (κ1) is 9.33. The van der Waals surface area contributed by atoms with Crippen molar-refractivity contribution in [1.29, 1.82) is 5.26 Å². The highest BCUT2D eigenvalue weighted by Crippen LogP contribution is 2.28. The molecule has 3 nitrogen and oxygen atoms in total. The van der Waals surface area contributed by atoms with Gasteiger partial charge < -0.3 is 10.1 Å². The molecule has 0 spiro atoms. The molecule has 1 aromatic rings. The first-order chi connectivity index (χ1) is 6.22. The standard InChI is InChI=1S/C9H9FN2O/c1-12-9-6(5-11)3-7(10)4-8(9)13-2/h3-4,12H,1-2H3. The Morgan fingerprint density at radius 2 is 2.23 bits per heavy atom. The van der Waals surface area contributed by atoms with Crippen LogP contribution in [0.1, 0.15) is 5.56 Å². The number of hydrogen-bond donors (Lipinski definition) is 1. The summed E-state index contributed by atoms with van der Waals surface area (Å²) in [6, 6.07) is 4.27. The molecular formula is C9H9FN2O. The van der Waals surface area contributed by atoms with E-state index in [9.17, 15) is 4.39 Å². The second-order valence-corrected chi connectivity index (χ2v) is 2.39. The number of hydrogen-bond acceptors (Lipinski definition) is 3. The number of halogens is 1. The summed E-state index contributed by atoms with van der Waals surface area (Å²) in [6.45, 7) is 0. The molecule has 0 fully saturated rings. The lowest BCUT2D eigenvalue weighted by Gasteiger charge is -2.09. The highest BCUT2D eigenvalue weighted by atomic mass is 19.1. The first-order valence-electron chi connectivity index (χ1n) is 3.68. The SMILES string of the molecule is CNc1c(C#N)cc(F)cc1OC. The number of methoxy groups -OCH3 is 1. The van der Waals surface area contributed by atoms with Crippen molar-refractivity contribution in [3.63, 3.8) is 0 Å². The Morgan fingerprint density at radius 3 is 2.69 bits per heavy atom. The molecule has 1 rings (SSSR count). The number of nitrogens with zero attached hydrogens (tertiary/aromatic N) is 1. The van der Waals surface area contributed by atoms with Crippen LogP contribution in [0, 0.1) is 17.1 Å². The second-order valence-electron chi connectivity index (χ2n) is 2.39. The van der Waals surface area contributed by atoms with Gasteiger partial charge in [0, 0.05) is 13.1 Å². The van der Waals surface area contributed by atoms with E-state index >= 15 is 0 Å². The van der Waals surface area contributed by atoms with Gasteiger partial charge in [0.2, 0.25) is 0 Å². The number of ether oxygens (including phenoxy) is 1. The van der Waals surface area contributed by atoms with Gasteiger partial charge in [-0.15, -0.1) is 0 Å². The fourth-order valence-corrected chi connectivity index (χ4v) is 1.09. The Morgan fingerprint density at radius 1 is 1.54 bits per heavy atom. The van der Waals surface area contributed by atoms with Gasteiger partial charge in [-0.05, 0) is 6.07 Å². The van der Waals surface area contributed by atoms with E-state index in [0.29, 0.717) is 11.4 Å². The van der Waals surface area contributed by atoms with Gasteiger partial charge in [0.05, 0.1) is 18.4 Å². The second kappa shape index (κ2) is 3.76. The Labute approximate surface area is 75.7 Å². The lowest BCUT2D eigenvalue weighted by molar-refractivity contribution is 0.413. The van der Waals surface area contributed by atoms with Crippen LogP contribution in [-0.4, -0.2) is 14.2 Å². The zero-order valence-electron chi connectivity index (χ0n) is 7.39. The number of nitrogens with one attached hydrogen (secondary N) is 1. The molecule has 0 radical (unpaired) electrons. The van der Waals surface area contributed by atoms with Crippen LogP contribution in [0.25, 0.3) is 0 Å². The third-order valence-corrected chi connectivity index (χ3v) is 1.66. The van der Waals surface area contributed by atoms with Crippen LogP contribution in [0.4, 0.5) is 10.1 Å². The Balaban J connectivity index is 3.36. The van der Waals surface area contributed by atoms with Gasteiger partial charge in [-0.3, -0.25) is 0 Å². The van der Waals surface area contributed by atoms with Gasteiger partial charge in [-0.2, -0.15) is 5.26 Å². The molecule has 0 aliphatic heterocycles. The van der Waals surface area contributed by atoms with Crippen LogP contribution in [0.2, 0.25) is 0 Å². The number of rotatable bonds is 2. The monoisotopic (exact) mass is 180 g/mol. The molecule has 1 N–H and O–H groups in total. The average molecular weight is 180 g/mol. The van der Waals surface area contributed by atoms with Gasteiger partial charge in [-0.25, -0.2) is 4.39 Å². The average Bonchev–Trinajstić information content (AvgIpc) is 2.16. The molecule has 0 heterocycles. The summed E-state index contributed by atoms with van der Waals surface area (Å²) in [5.41, 5.74) is 0.741. The quantitative estimate of drug-likeness (QED) is 0.754. The van der Waals surface area contributed by atoms with E-state index in [4.69, 9.17) is 10.00 Å². The molecule has 0 atom stereocenters. The van der Waals surface area contributed by atoms with Crippen LogP contribution in [0.5, 0.6) is 5.75 Å². The predicted octanol–water partition coefficient (Wildman–Crippen LogP) is 1.75. The van der Waals surface area contributed by atoms with Crippen molar-refractivity contribution < 1.29 is 9.13 Å². The van der Waals surface area contributed by atoms with Crippen molar-refractivity contribution in [1.82, 2.24) is 0 Å². The van der Waals surface area contributed by atoms with Crippen molar-refractivity contribution >= 4 is 5.69 Å². The van der Waals surface area contributed by atoms with Crippen molar-refractivity contribution in [3.05, 3.63) is 23.5 Å². The van der Waals surface area contributed by atoms with E-state index in [1.807, 2.05) is 6.07 Å². The minimum atomic E-state index is -0.479. The van der Waals surface area contributed by atoms with Crippen molar-refractivity contribution in [3.8, 4) is 11.8 Å². The minimum Gasteiger partial charge on any atom is -0.494 e. The molecule has 0 bridgehead atoms. The summed E-state index contributed by atoms with van der Waals surface area (Å²) >= 11 is 0. The number of nitriles is 1. The normalized spacial score (nSPS) is 9.08. The smallest absolute Gasteiger partial charge is 0.146 e. The largest absolute Gasteiger partial charge is 0.494 e. The van der Waals surface area contributed by atoms with E-state index in [1.54, 1.807) is 7.05 Å². The van der Waals surface area contributed by atoms with E-state index in [2.05, 4.69) is 5.32 Å². The lowest BCUT2D eigenvalue weighted by atomic mass is 10.1. The Bertz CT molecular complexity index is 357. The lowest BCUT2D eigenvalue weighted by Crippen LogP contribution is -1.97. The highest BCUT2D eigenvalue weighted by molar-refractivity contribution is 5.66. The zero-order chi connectivity index (χ0) is 9.84. The fraction of sp³-hybridized carbons (Fsp3) is 0.222. The molecule has 0 unspecified atom stereocenters. The first-order valence-corrected chi connectivity index (χ1v) is 3.68. The summed E-state index contributed by atoms with van der Waals surface area (Å²) in [6.07, 6.45) is 0. The maximum absolute atomic E-state index is 12.9. The molecule has 68 valence electrons. The Hall–Kier alpha value is -1.76. The molecule has 1 aromatic carbocycles. The van der Waals surface area contributed by atoms with Crippen molar-refractivity contribution in [2.75, 3.05) is 19.5 Å². The summed E-state index contributed by atoms with van der Waals surface area (Å²) in [5, 5.41) is 11.5. The van der Waals surface area contributed by atoms with E-state index < -0.39 is 5.82 Å². The third-order valence-electron chi connectivity index (χ3n) is 1.66. The van der Waals surface area contributed by atoms with Crippen molar-refractivity contribution in [2.45, 2.75) is 0 Å². The van der Waals surface area contributed by atoms with Crippen LogP contribution < -0.4 is 10.1 Å². The van der Waals surface area contributed by atoms with E-state index in [1.165, 1.54) is 13.2 Å². The summed E-state index contributed by atoms with van der Waals surface area (Å²) in [4.78, 5) is 0. The van der Waals surface area contributed by atoms with Gasteiger partial charge in [0.15, 0.2) is 0 Å². The molecule has 0 aliphatic rings.